The Morgan fingerprint density at radius 3 is 2.93 bits per heavy atom. The van der Waals surface area contributed by atoms with E-state index in [2.05, 4.69) is 34.6 Å². The first-order valence-corrected chi connectivity index (χ1v) is 5.24. The van der Waals surface area contributed by atoms with E-state index in [0.717, 1.165) is 6.54 Å². The van der Waals surface area contributed by atoms with Gasteiger partial charge in [0, 0.05) is 23.1 Å². The molecule has 1 saturated heterocycles. The summed E-state index contributed by atoms with van der Waals surface area (Å²) in [5, 5.41) is 4.91. The van der Waals surface area contributed by atoms with Crippen LogP contribution in [-0.4, -0.2) is 11.5 Å². The van der Waals surface area contributed by atoms with Crippen LogP contribution in [0.25, 0.3) is 10.9 Å². The summed E-state index contributed by atoms with van der Waals surface area (Å²) in [6.45, 7) is 1.16. The van der Waals surface area contributed by atoms with Crippen LogP contribution in [0.5, 0.6) is 0 Å². The van der Waals surface area contributed by atoms with E-state index in [9.17, 15) is 0 Å². The molecule has 1 aromatic heterocycles. The standard InChI is InChI=1S/C12H14N2.ClH/c1-3-9(12-5-2-7-13-12)10-6-8-14-11(10)4-1;/h1,3-4,6,8,12-14H,2,5,7H2;1H/t12-;/m1./s1. The van der Waals surface area contributed by atoms with Crippen LogP contribution < -0.4 is 5.32 Å². The summed E-state index contributed by atoms with van der Waals surface area (Å²) in [7, 11) is 0. The Kier molecular flexibility index (Phi) is 2.98. The highest BCUT2D eigenvalue weighted by atomic mass is 35.5. The minimum absolute atomic E-state index is 0. The summed E-state index contributed by atoms with van der Waals surface area (Å²) in [6, 6.07) is 9.24. The van der Waals surface area contributed by atoms with E-state index < -0.39 is 0 Å². The number of aromatic nitrogens is 1. The van der Waals surface area contributed by atoms with E-state index in [1.807, 2.05) is 6.20 Å². The zero-order chi connectivity index (χ0) is 9.38. The molecule has 80 valence electrons. The van der Waals surface area contributed by atoms with Crippen LogP contribution in [0.4, 0.5) is 0 Å². The third-order valence-electron chi connectivity index (χ3n) is 3.06. The number of fused-ring (bicyclic) bond motifs is 1. The number of hydrogen-bond donors (Lipinski definition) is 2. The van der Waals surface area contributed by atoms with E-state index >= 15 is 0 Å². The molecule has 2 aromatic rings. The molecule has 0 spiro atoms. The molecule has 15 heavy (non-hydrogen) atoms. The molecule has 0 aliphatic carbocycles. The van der Waals surface area contributed by atoms with Crippen molar-refractivity contribution in [3.8, 4) is 0 Å². The third kappa shape index (κ3) is 1.75. The van der Waals surface area contributed by atoms with Crippen LogP contribution >= 0.6 is 12.4 Å². The van der Waals surface area contributed by atoms with E-state index in [0.29, 0.717) is 6.04 Å². The van der Waals surface area contributed by atoms with Crippen LogP contribution in [0.15, 0.2) is 30.5 Å². The van der Waals surface area contributed by atoms with Gasteiger partial charge in [0.1, 0.15) is 0 Å². The van der Waals surface area contributed by atoms with Crippen LogP contribution in [0.1, 0.15) is 24.4 Å². The Morgan fingerprint density at radius 1 is 1.20 bits per heavy atom. The molecule has 3 rings (SSSR count). The summed E-state index contributed by atoms with van der Waals surface area (Å²) in [5.74, 6) is 0. The zero-order valence-corrected chi connectivity index (χ0v) is 9.31. The van der Waals surface area contributed by atoms with Crippen molar-refractivity contribution in [2.75, 3.05) is 6.54 Å². The lowest BCUT2D eigenvalue weighted by molar-refractivity contribution is 0.653. The average Bonchev–Trinajstić information content (AvgIpc) is 2.88. The molecule has 1 fully saturated rings. The van der Waals surface area contributed by atoms with Gasteiger partial charge in [-0.25, -0.2) is 0 Å². The van der Waals surface area contributed by atoms with Crippen LogP contribution in [-0.2, 0) is 0 Å². The average molecular weight is 223 g/mol. The number of rotatable bonds is 1. The molecule has 2 heterocycles. The van der Waals surface area contributed by atoms with Gasteiger partial charge < -0.3 is 10.3 Å². The van der Waals surface area contributed by atoms with Gasteiger partial charge in [0.15, 0.2) is 0 Å². The number of halogens is 1. The first kappa shape index (κ1) is 10.5. The van der Waals surface area contributed by atoms with Crippen LogP contribution in [0.3, 0.4) is 0 Å². The van der Waals surface area contributed by atoms with Gasteiger partial charge in [-0.15, -0.1) is 12.4 Å². The van der Waals surface area contributed by atoms with E-state index in [-0.39, 0.29) is 12.4 Å². The van der Waals surface area contributed by atoms with Crippen molar-refractivity contribution < 1.29 is 0 Å². The number of aromatic amines is 1. The Balaban J connectivity index is 0.000000853. The fourth-order valence-electron chi connectivity index (χ4n) is 2.36. The van der Waals surface area contributed by atoms with Crippen molar-refractivity contribution in [3.63, 3.8) is 0 Å². The normalized spacial score (nSPS) is 20.4. The molecular formula is C12H15ClN2. The summed E-state index contributed by atoms with van der Waals surface area (Å²) in [6.07, 6.45) is 4.58. The molecule has 1 atom stereocenters. The van der Waals surface area contributed by atoms with E-state index in [1.54, 1.807) is 0 Å². The highest BCUT2D eigenvalue weighted by Crippen LogP contribution is 2.28. The Labute approximate surface area is 95.5 Å². The molecule has 1 aliphatic rings. The topological polar surface area (TPSA) is 27.8 Å². The monoisotopic (exact) mass is 222 g/mol. The second-order valence-electron chi connectivity index (χ2n) is 3.94. The molecule has 0 unspecified atom stereocenters. The van der Waals surface area contributed by atoms with Crippen molar-refractivity contribution in [2.24, 2.45) is 0 Å². The molecule has 0 radical (unpaired) electrons. The minimum atomic E-state index is 0. The summed E-state index contributed by atoms with van der Waals surface area (Å²) in [5.41, 5.74) is 2.69. The SMILES string of the molecule is Cl.c1cc([C@H]2CCCN2)c2cc[nH]c2c1. The molecule has 3 heteroatoms. The Morgan fingerprint density at radius 2 is 2.13 bits per heavy atom. The maximum atomic E-state index is 3.54. The van der Waals surface area contributed by atoms with Crippen molar-refractivity contribution in [2.45, 2.75) is 18.9 Å². The van der Waals surface area contributed by atoms with Gasteiger partial charge in [-0.05, 0) is 37.1 Å². The van der Waals surface area contributed by atoms with Gasteiger partial charge in [-0.3, -0.25) is 0 Å². The van der Waals surface area contributed by atoms with Gasteiger partial charge in [0.2, 0.25) is 0 Å². The Bertz CT molecular complexity index is 444. The van der Waals surface area contributed by atoms with Crippen molar-refractivity contribution in [1.82, 2.24) is 10.3 Å². The van der Waals surface area contributed by atoms with Gasteiger partial charge in [0.25, 0.3) is 0 Å². The molecule has 0 bridgehead atoms. The summed E-state index contributed by atoms with van der Waals surface area (Å²) in [4.78, 5) is 3.26. The quantitative estimate of drug-likeness (QED) is 0.763. The summed E-state index contributed by atoms with van der Waals surface area (Å²) < 4.78 is 0. The maximum absolute atomic E-state index is 3.54. The molecule has 2 nitrogen and oxygen atoms in total. The zero-order valence-electron chi connectivity index (χ0n) is 8.49. The minimum Gasteiger partial charge on any atom is -0.361 e. The van der Waals surface area contributed by atoms with Crippen LogP contribution in [0.2, 0.25) is 0 Å². The molecule has 0 amide bonds. The van der Waals surface area contributed by atoms with E-state index in [4.69, 9.17) is 0 Å². The first-order chi connectivity index (χ1) is 6.95. The lowest BCUT2D eigenvalue weighted by Gasteiger charge is -2.11. The number of benzene rings is 1. The Hall–Kier alpha value is -0.990. The van der Waals surface area contributed by atoms with Crippen LogP contribution in [0, 0.1) is 0 Å². The largest absolute Gasteiger partial charge is 0.361 e. The number of hydrogen-bond acceptors (Lipinski definition) is 1. The van der Waals surface area contributed by atoms with Crippen molar-refractivity contribution in [3.05, 3.63) is 36.0 Å². The van der Waals surface area contributed by atoms with Gasteiger partial charge in [-0.2, -0.15) is 0 Å². The number of H-pyrrole nitrogens is 1. The molecular weight excluding hydrogens is 208 g/mol. The molecule has 0 saturated carbocycles. The second kappa shape index (κ2) is 4.25. The van der Waals surface area contributed by atoms with Crippen molar-refractivity contribution >= 4 is 23.3 Å². The fourth-order valence-corrected chi connectivity index (χ4v) is 2.36. The molecule has 1 aliphatic heterocycles. The van der Waals surface area contributed by atoms with Gasteiger partial charge in [0.05, 0.1) is 0 Å². The highest BCUT2D eigenvalue weighted by Gasteiger charge is 2.17. The predicted molar refractivity (Wildman–Crippen MR) is 65.5 cm³/mol. The van der Waals surface area contributed by atoms with Crippen molar-refractivity contribution in [1.29, 1.82) is 0 Å². The molecule has 1 aromatic carbocycles. The summed E-state index contributed by atoms with van der Waals surface area (Å²) >= 11 is 0. The predicted octanol–water partition coefficient (Wildman–Crippen LogP) is 3.01. The van der Waals surface area contributed by atoms with Gasteiger partial charge >= 0.3 is 0 Å². The third-order valence-corrected chi connectivity index (χ3v) is 3.06. The fraction of sp³-hybridized carbons (Fsp3) is 0.333. The lowest BCUT2D eigenvalue weighted by atomic mass is 10.0. The number of nitrogens with one attached hydrogen (secondary N) is 2. The first-order valence-electron chi connectivity index (χ1n) is 5.24. The van der Waals surface area contributed by atoms with E-state index in [1.165, 1.54) is 29.3 Å². The second-order valence-corrected chi connectivity index (χ2v) is 3.94. The lowest BCUT2D eigenvalue weighted by Crippen LogP contribution is -2.12. The highest BCUT2D eigenvalue weighted by molar-refractivity contribution is 5.85. The van der Waals surface area contributed by atoms with Gasteiger partial charge in [-0.1, -0.05) is 12.1 Å². The molecule has 2 N–H and O–H groups in total. The smallest absolute Gasteiger partial charge is 0.0457 e. The maximum Gasteiger partial charge on any atom is 0.0457 e.